The molecule has 104 valence electrons. The van der Waals surface area contributed by atoms with E-state index >= 15 is 0 Å². The van der Waals surface area contributed by atoms with Crippen molar-refractivity contribution in [1.29, 1.82) is 0 Å². The molecule has 0 saturated heterocycles. The molecule has 2 heterocycles. The molecule has 1 aromatic heterocycles. The molecule has 1 aliphatic rings. The number of rotatable bonds is 1. The predicted octanol–water partition coefficient (Wildman–Crippen LogP) is 3.08. The van der Waals surface area contributed by atoms with Crippen molar-refractivity contribution in [2.24, 2.45) is 0 Å². The van der Waals surface area contributed by atoms with Crippen LogP contribution in [0.4, 0.5) is 8.78 Å². The number of nitrogens with zero attached hydrogens (tertiary/aromatic N) is 1. The molecular formula is C15H14F2N2O. The molecule has 1 amide bonds. The molecule has 0 spiro atoms. The number of carbonyl (C=O) groups excluding carboxylic acids is 1. The number of aromatic nitrogens is 1. The first-order chi connectivity index (χ1) is 9.56. The summed E-state index contributed by atoms with van der Waals surface area (Å²) >= 11 is 0. The van der Waals surface area contributed by atoms with Crippen molar-refractivity contribution in [3.63, 3.8) is 0 Å². The highest BCUT2D eigenvalue weighted by Crippen LogP contribution is 2.30. The van der Waals surface area contributed by atoms with Gasteiger partial charge in [-0.1, -0.05) is 6.08 Å². The quantitative estimate of drug-likeness (QED) is 0.853. The van der Waals surface area contributed by atoms with Gasteiger partial charge in [-0.3, -0.25) is 4.79 Å². The van der Waals surface area contributed by atoms with Gasteiger partial charge in [-0.2, -0.15) is 0 Å². The van der Waals surface area contributed by atoms with E-state index in [1.54, 1.807) is 18.0 Å². The smallest absolute Gasteiger partial charge is 0.219 e. The monoisotopic (exact) mass is 276 g/mol. The van der Waals surface area contributed by atoms with Gasteiger partial charge in [-0.25, -0.2) is 8.78 Å². The maximum atomic E-state index is 13.4. The van der Waals surface area contributed by atoms with Gasteiger partial charge < -0.3 is 9.88 Å². The summed E-state index contributed by atoms with van der Waals surface area (Å²) in [6.45, 7) is 2.75. The average molecular weight is 276 g/mol. The molecule has 1 aliphatic heterocycles. The van der Waals surface area contributed by atoms with E-state index in [9.17, 15) is 13.6 Å². The van der Waals surface area contributed by atoms with Crippen LogP contribution in [0.15, 0.2) is 24.4 Å². The standard InChI is InChI=1S/C15H14F2N2O/c1-9(20)19-4-2-10(3-5-19)12-8-18-15-7-14(17)13(16)6-11(12)15/h2,6-8,18H,3-5H2,1H3. The summed E-state index contributed by atoms with van der Waals surface area (Å²) in [5.74, 6) is -1.65. The molecule has 0 unspecified atom stereocenters. The lowest BCUT2D eigenvalue weighted by atomic mass is 9.99. The fourth-order valence-electron chi connectivity index (χ4n) is 2.58. The molecule has 0 atom stereocenters. The van der Waals surface area contributed by atoms with Crippen molar-refractivity contribution >= 4 is 22.4 Å². The SMILES string of the molecule is CC(=O)N1CC=C(c2c[nH]c3cc(F)c(F)cc23)CC1. The van der Waals surface area contributed by atoms with Crippen LogP contribution in [0.1, 0.15) is 18.9 Å². The summed E-state index contributed by atoms with van der Waals surface area (Å²) in [7, 11) is 0. The highest BCUT2D eigenvalue weighted by atomic mass is 19.2. The number of H-pyrrole nitrogens is 1. The number of halogens is 2. The summed E-state index contributed by atoms with van der Waals surface area (Å²) < 4.78 is 26.6. The normalized spacial score (nSPS) is 15.6. The summed E-state index contributed by atoms with van der Waals surface area (Å²) in [5.41, 5.74) is 2.51. The van der Waals surface area contributed by atoms with Crippen molar-refractivity contribution in [2.45, 2.75) is 13.3 Å². The third-order valence-electron chi connectivity index (χ3n) is 3.72. The van der Waals surface area contributed by atoms with Crippen LogP contribution >= 0.6 is 0 Å². The maximum Gasteiger partial charge on any atom is 0.219 e. The highest BCUT2D eigenvalue weighted by Gasteiger charge is 2.18. The molecule has 0 radical (unpaired) electrons. The van der Waals surface area contributed by atoms with Crippen molar-refractivity contribution in [3.8, 4) is 0 Å². The van der Waals surface area contributed by atoms with Gasteiger partial charge in [0.1, 0.15) is 0 Å². The summed E-state index contributed by atoms with van der Waals surface area (Å²) in [5, 5.41) is 0.673. The Hall–Kier alpha value is -2.17. The van der Waals surface area contributed by atoms with Crippen LogP contribution in [0.25, 0.3) is 16.5 Å². The second-order valence-electron chi connectivity index (χ2n) is 4.96. The molecule has 5 heteroatoms. The number of fused-ring (bicyclic) bond motifs is 1. The molecule has 2 aromatic rings. The van der Waals surface area contributed by atoms with Crippen molar-refractivity contribution in [2.75, 3.05) is 13.1 Å². The Bertz CT molecular complexity index is 718. The first-order valence-electron chi connectivity index (χ1n) is 6.47. The Morgan fingerprint density at radius 2 is 2.05 bits per heavy atom. The Morgan fingerprint density at radius 3 is 2.70 bits per heavy atom. The number of carbonyl (C=O) groups is 1. The molecule has 3 nitrogen and oxygen atoms in total. The van der Waals surface area contributed by atoms with Crippen LogP contribution in [0.5, 0.6) is 0 Å². The van der Waals surface area contributed by atoms with E-state index in [-0.39, 0.29) is 5.91 Å². The van der Waals surface area contributed by atoms with Gasteiger partial charge in [0, 0.05) is 48.7 Å². The number of aromatic amines is 1. The molecule has 0 aliphatic carbocycles. The van der Waals surface area contributed by atoms with E-state index in [0.29, 0.717) is 30.4 Å². The molecule has 0 fully saturated rings. The summed E-state index contributed by atoms with van der Waals surface area (Å²) in [6.07, 6.45) is 4.44. The minimum atomic E-state index is -0.855. The minimum Gasteiger partial charge on any atom is -0.360 e. The third kappa shape index (κ3) is 2.09. The van der Waals surface area contributed by atoms with E-state index in [1.807, 2.05) is 6.08 Å². The molecule has 0 saturated carbocycles. The van der Waals surface area contributed by atoms with Crippen LogP contribution in [-0.4, -0.2) is 28.9 Å². The molecule has 1 aromatic carbocycles. The molecule has 3 rings (SSSR count). The lowest BCUT2D eigenvalue weighted by molar-refractivity contribution is -0.128. The zero-order valence-electron chi connectivity index (χ0n) is 11.0. The Morgan fingerprint density at radius 1 is 1.30 bits per heavy atom. The van der Waals surface area contributed by atoms with Crippen LogP contribution < -0.4 is 0 Å². The minimum absolute atomic E-state index is 0.0485. The molecule has 0 bridgehead atoms. The van der Waals surface area contributed by atoms with Gasteiger partial charge in [-0.15, -0.1) is 0 Å². The van der Waals surface area contributed by atoms with Crippen molar-refractivity contribution in [3.05, 3.63) is 41.6 Å². The van der Waals surface area contributed by atoms with Gasteiger partial charge in [0.05, 0.1) is 0 Å². The van der Waals surface area contributed by atoms with E-state index in [4.69, 9.17) is 0 Å². The number of hydrogen-bond acceptors (Lipinski definition) is 1. The topological polar surface area (TPSA) is 36.1 Å². The number of hydrogen-bond donors (Lipinski definition) is 1. The van der Waals surface area contributed by atoms with Gasteiger partial charge in [-0.05, 0) is 18.1 Å². The average Bonchev–Trinajstić information content (AvgIpc) is 2.82. The zero-order valence-corrected chi connectivity index (χ0v) is 11.0. The van der Waals surface area contributed by atoms with Gasteiger partial charge >= 0.3 is 0 Å². The molecular weight excluding hydrogens is 262 g/mol. The molecule has 20 heavy (non-hydrogen) atoms. The fraction of sp³-hybridized carbons (Fsp3) is 0.267. The Kier molecular flexibility index (Phi) is 3.04. The first-order valence-corrected chi connectivity index (χ1v) is 6.47. The van der Waals surface area contributed by atoms with E-state index in [2.05, 4.69) is 4.98 Å². The van der Waals surface area contributed by atoms with Crippen LogP contribution in [-0.2, 0) is 4.79 Å². The maximum absolute atomic E-state index is 13.4. The largest absolute Gasteiger partial charge is 0.360 e. The van der Waals surface area contributed by atoms with Gasteiger partial charge in [0.25, 0.3) is 0 Å². The predicted molar refractivity (Wildman–Crippen MR) is 73.1 cm³/mol. The van der Waals surface area contributed by atoms with Crippen LogP contribution in [0, 0.1) is 11.6 Å². The molecule has 1 N–H and O–H groups in total. The first kappa shape index (κ1) is 12.8. The Balaban J connectivity index is 1.99. The van der Waals surface area contributed by atoms with Gasteiger partial charge in [0.15, 0.2) is 11.6 Å². The van der Waals surface area contributed by atoms with E-state index < -0.39 is 11.6 Å². The second kappa shape index (κ2) is 4.74. The van der Waals surface area contributed by atoms with E-state index in [1.165, 1.54) is 12.1 Å². The third-order valence-corrected chi connectivity index (χ3v) is 3.72. The Labute approximate surface area is 114 Å². The summed E-state index contributed by atoms with van der Waals surface area (Å²) in [4.78, 5) is 16.0. The number of amides is 1. The van der Waals surface area contributed by atoms with Crippen molar-refractivity contribution < 1.29 is 13.6 Å². The second-order valence-corrected chi connectivity index (χ2v) is 4.96. The fourth-order valence-corrected chi connectivity index (χ4v) is 2.58. The van der Waals surface area contributed by atoms with E-state index in [0.717, 1.165) is 11.1 Å². The number of nitrogens with one attached hydrogen (secondary N) is 1. The lowest BCUT2D eigenvalue weighted by Gasteiger charge is -2.25. The van der Waals surface area contributed by atoms with Crippen LogP contribution in [0.3, 0.4) is 0 Å². The van der Waals surface area contributed by atoms with Crippen molar-refractivity contribution in [1.82, 2.24) is 9.88 Å². The van der Waals surface area contributed by atoms with Crippen LogP contribution in [0.2, 0.25) is 0 Å². The lowest BCUT2D eigenvalue weighted by Crippen LogP contribution is -2.32. The highest BCUT2D eigenvalue weighted by molar-refractivity contribution is 5.93. The zero-order chi connectivity index (χ0) is 14.3. The van der Waals surface area contributed by atoms with Gasteiger partial charge in [0.2, 0.25) is 5.91 Å². The number of benzene rings is 1. The summed E-state index contributed by atoms with van der Waals surface area (Å²) in [6, 6.07) is 2.38.